The Morgan fingerprint density at radius 2 is 1.61 bits per heavy atom. The van der Waals surface area contributed by atoms with Crippen molar-refractivity contribution in [1.29, 1.82) is 0 Å². The van der Waals surface area contributed by atoms with Gasteiger partial charge in [0.05, 0.1) is 6.54 Å². The number of pyridine rings is 1. The minimum absolute atomic E-state index is 0.127. The van der Waals surface area contributed by atoms with Crippen molar-refractivity contribution in [3.63, 3.8) is 0 Å². The summed E-state index contributed by atoms with van der Waals surface area (Å²) in [7, 11) is 0. The number of rotatable bonds is 9. The third kappa shape index (κ3) is 4.97. The molecule has 0 aliphatic rings. The van der Waals surface area contributed by atoms with Crippen LogP contribution in [0.5, 0.6) is 0 Å². The van der Waals surface area contributed by atoms with E-state index in [1.807, 2.05) is 48.5 Å². The van der Waals surface area contributed by atoms with Gasteiger partial charge in [0.15, 0.2) is 5.82 Å². The molecule has 0 aliphatic heterocycles. The van der Waals surface area contributed by atoms with Gasteiger partial charge in [-0.25, -0.2) is 4.68 Å². The Balaban J connectivity index is 1.65. The van der Waals surface area contributed by atoms with Crippen LogP contribution in [0.1, 0.15) is 48.0 Å². The van der Waals surface area contributed by atoms with Crippen LogP contribution >= 0.6 is 0 Å². The normalized spacial score (nSPS) is 12.3. The molecule has 5 rings (SSSR count). The molecule has 0 unspecified atom stereocenters. The lowest BCUT2D eigenvalue weighted by Crippen LogP contribution is -2.35. The summed E-state index contributed by atoms with van der Waals surface area (Å²) in [6.45, 7) is 6.13. The number of aromatic amines is 1. The highest BCUT2D eigenvalue weighted by atomic mass is 16.1. The van der Waals surface area contributed by atoms with Crippen LogP contribution in [0.25, 0.3) is 10.9 Å². The second-order valence-corrected chi connectivity index (χ2v) is 8.96. The predicted molar refractivity (Wildman–Crippen MR) is 142 cm³/mol. The highest BCUT2D eigenvalue weighted by molar-refractivity contribution is 5.80. The fourth-order valence-corrected chi connectivity index (χ4v) is 4.68. The van der Waals surface area contributed by atoms with E-state index in [1.165, 1.54) is 5.56 Å². The van der Waals surface area contributed by atoms with Crippen LogP contribution in [0.3, 0.4) is 0 Å². The lowest BCUT2D eigenvalue weighted by molar-refractivity contribution is 0.214. The number of nitrogens with one attached hydrogen (secondary N) is 1. The van der Waals surface area contributed by atoms with Crippen LogP contribution in [0.15, 0.2) is 89.7 Å². The Morgan fingerprint density at radius 1 is 0.889 bits per heavy atom. The Labute approximate surface area is 210 Å². The summed E-state index contributed by atoms with van der Waals surface area (Å²) >= 11 is 0. The molecule has 0 saturated carbocycles. The molecule has 0 spiro atoms. The molecule has 2 aromatic heterocycles. The molecule has 2 heterocycles. The smallest absolute Gasteiger partial charge is 0.253 e. The Kier molecular flexibility index (Phi) is 7.00. The standard InChI is InChI=1S/C29H30N6O/c1-3-21-15-16-26-24(17-21)18-25(29(36)30-26)27(34(4-2)19-22-11-7-5-8-12-22)28-31-32-33-35(28)20-23-13-9-6-10-14-23/h5-18,27H,3-4,19-20H2,1-2H3,(H,30,36)/t27-/m0/s1. The highest BCUT2D eigenvalue weighted by Crippen LogP contribution is 2.28. The summed E-state index contributed by atoms with van der Waals surface area (Å²) in [6, 6.07) is 28.2. The maximum atomic E-state index is 13.5. The quantitative estimate of drug-likeness (QED) is 0.331. The molecular formula is C29H30N6O. The lowest BCUT2D eigenvalue weighted by atomic mass is 10.0. The molecule has 0 radical (unpaired) electrons. The van der Waals surface area contributed by atoms with Crippen molar-refractivity contribution in [1.82, 2.24) is 30.1 Å². The van der Waals surface area contributed by atoms with Gasteiger partial charge in [-0.05, 0) is 63.7 Å². The van der Waals surface area contributed by atoms with Gasteiger partial charge in [-0.15, -0.1) is 5.10 Å². The average Bonchev–Trinajstić information content (AvgIpc) is 3.36. The number of hydrogen-bond acceptors (Lipinski definition) is 5. The monoisotopic (exact) mass is 478 g/mol. The van der Waals surface area contributed by atoms with Gasteiger partial charge in [-0.1, -0.05) is 80.6 Å². The average molecular weight is 479 g/mol. The largest absolute Gasteiger partial charge is 0.322 e. The first-order chi connectivity index (χ1) is 17.7. The fraction of sp³-hybridized carbons (Fsp3) is 0.241. The molecule has 7 heteroatoms. The summed E-state index contributed by atoms with van der Waals surface area (Å²) in [5, 5.41) is 13.8. The first-order valence-corrected chi connectivity index (χ1v) is 12.4. The molecule has 7 nitrogen and oxygen atoms in total. The molecule has 0 fully saturated rings. The van der Waals surface area contributed by atoms with Crippen LogP contribution in [0.2, 0.25) is 0 Å². The Hall–Kier alpha value is -4.10. The highest BCUT2D eigenvalue weighted by Gasteiger charge is 2.30. The van der Waals surface area contributed by atoms with Gasteiger partial charge in [-0.2, -0.15) is 0 Å². The molecule has 36 heavy (non-hydrogen) atoms. The molecule has 3 aromatic carbocycles. The number of H-pyrrole nitrogens is 1. The summed E-state index contributed by atoms with van der Waals surface area (Å²) in [4.78, 5) is 18.9. The van der Waals surface area contributed by atoms with E-state index in [1.54, 1.807) is 4.68 Å². The summed E-state index contributed by atoms with van der Waals surface area (Å²) in [5.41, 5.74) is 4.82. The van der Waals surface area contributed by atoms with Gasteiger partial charge >= 0.3 is 0 Å². The van der Waals surface area contributed by atoms with Crippen LogP contribution in [0.4, 0.5) is 0 Å². The van der Waals surface area contributed by atoms with E-state index >= 15 is 0 Å². The first kappa shape index (κ1) is 23.6. The van der Waals surface area contributed by atoms with E-state index in [4.69, 9.17) is 0 Å². The molecule has 0 bridgehead atoms. The molecule has 0 aliphatic carbocycles. The number of aromatic nitrogens is 5. The van der Waals surface area contributed by atoms with Crippen LogP contribution in [-0.4, -0.2) is 36.6 Å². The SMILES string of the molecule is CCc1ccc2[nH]c(=O)c([C@@H](c3nnnn3Cc3ccccc3)N(CC)Cc3ccccc3)cc2c1. The van der Waals surface area contributed by atoms with Gasteiger partial charge in [-0.3, -0.25) is 9.69 Å². The van der Waals surface area contributed by atoms with Crippen molar-refractivity contribution in [3.8, 4) is 0 Å². The maximum Gasteiger partial charge on any atom is 0.253 e. The Bertz CT molecular complexity index is 1490. The van der Waals surface area contributed by atoms with E-state index < -0.39 is 6.04 Å². The van der Waals surface area contributed by atoms with E-state index in [0.29, 0.717) is 31.0 Å². The van der Waals surface area contributed by atoms with E-state index in [0.717, 1.165) is 28.5 Å². The van der Waals surface area contributed by atoms with E-state index in [-0.39, 0.29) is 5.56 Å². The summed E-state index contributed by atoms with van der Waals surface area (Å²) in [5.74, 6) is 0.646. The molecular weight excluding hydrogens is 448 g/mol. The number of hydrogen-bond donors (Lipinski definition) is 1. The Morgan fingerprint density at radius 3 is 2.31 bits per heavy atom. The zero-order valence-corrected chi connectivity index (χ0v) is 20.6. The molecule has 182 valence electrons. The molecule has 0 saturated heterocycles. The third-order valence-corrected chi connectivity index (χ3v) is 6.62. The summed E-state index contributed by atoms with van der Waals surface area (Å²) < 4.78 is 1.81. The second kappa shape index (κ2) is 10.7. The van der Waals surface area contributed by atoms with Gasteiger partial charge in [0.1, 0.15) is 6.04 Å². The van der Waals surface area contributed by atoms with Gasteiger partial charge in [0.2, 0.25) is 0 Å². The van der Waals surface area contributed by atoms with Crippen LogP contribution in [-0.2, 0) is 19.5 Å². The topological polar surface area (TPSA) is 79.7 Å². The maximum absolute atomic E-state index is 13.5. The van der Waals surface area contributed by atoms with Crippen molar-refractivity contribution in [2.75, 3.05) is 6.54 Å². The predicted octanol–water partition coefficient (Wildman–Crippen LogP) is 4.74. The summed E-state index contributed by atoms with van der Waals surface area (Å²) in [6.07, 6.45) is 0.929. The number of fused-ring (bicyclic) bond motifs is 1. The zero-order valence-electron chi connectivity index (χ0n) is 20.6. The van der Waals surface area contributed by atoms with Crippen molar-refractivity contribution < 1.29 is 0 Å². The number of nitrogens with zero attached hydrogens (tertiary/aromatic N) is 5. The number of tetrazole rings is 1. The second-order valence-electron chi connectivity index (χ2n) is 8.96. The minimum atomic E-state index is -0.424. The van der Waals surface area contributed by atoms with Crippen molar-refractivity contribution >= 4 is 10.9 Å². The molecule has 1 N–H and O–H groups in total. The fourth-order valence-electron chi connectivity index (χ4n) is 4.68. The molecule has 5 aromatic rings. The third-order valence-electron chi connectivity index (χ3n) is 6.62. The van der Waals surface area contributed by atoms with Crippen molar-refractivity contribution in [3.05, 3.63) is 123 Å². The van der Waals surface area contributed by atoms with E-state index in [2.05, 4.69) is 75.7 Å². The van der Waals surface area contributed by atoms with Crippen LogP contribution in [0, 0.1) is 0 Å². The van der Waals surface area contributed by atoms with Crippen molar-refractivity contribution in [2.45, 2.75) is 39.4 Å². The van der Waals surface area contributed by atoms with Crippen molar-refractivity contribution in [2.24, 2.45) is 0 Å². The lowest BCUT2D eigenvalue weighted by Gasteiger charge is -2.30. The number of benzene rings is 3. The van der Waals surface area contributed by atoms with E-state index in [9.17, 15) is 4.79 Å². The zero-order chi connectivity index (χ0) is 24.9. The van der Waals surface area contributed by atoms with Gasteiger partial charge in [0, 0.05) is 17.6 Å². The minimum Gasteiger partial charge on any atom is -0.322 e. The van der Waals surface area contributed by atoms with Gasteiger partial charge in [0.25, 0.3) is 5.56 Å². The molecule has 1 atom stereocenters. The first-order valence-electron chi connectivity index (χ1n) is 12.4. The number of aryl methyl sites for hydroxylation is 1. The molecule has 0 amide bonds. The van der Waals surface area contributed by atoms with Gasteiger partial charge < -0.3 is 4.98 Å². The van der Waals surface area contributed by atoms with Crippen LogP contribution < -0.4 is 5.56 Å².